The third kappa shape index (κ3) is 5.84. The van der Waals surface area contributed by atoms with Crippen molar-refractivity contribution in [2.24, 2.45) is 5.73 Å². The summed E-state index contributed by atoms with van der Waals surface area (Å²) in [7, 11) is -4.06. The minimum Gasteiger partial charge on any atom is -0.461 e. The third-order valence-electron chi connectivity index (χ3n) is 4.21. The highest BCUT2D eigenvalue weighted by Gasteiger charge is 2.22. The van der Waals surface area contributed by atoms with Gasteiger partial charge in [0, 0.05) is 5.69 Å². The number of nitrogens with two attached hydrogens (primary N) is 1. The predicted molar refractivity (Wildman–Crippen MR) is 120 cm³/mol. The quantitative estimate of drug-likeness (QED) is 0.500. The number of benzene rings is 2. The maximum Gasteiger partial charge on any atom is 0.261 e. The van der Waals surface area contributed by atoms with Gasteiger partial charge in [0.05, 0.1) is 21.7 Å². The molecule has 1 heterocycles. The molecule has 0 atom stereocenters. The van der Waals surface area contributed by atoms with Crippen LogP contribution in [0.15, 0.2) is 63.9 Å². The molecule has 0 aliphatic heterocycles. The van der Waals surface area contributed by atoms with Crippen LogP contribution in [0.25, 0.3) is 11.3 Å². The summed E-state index contributed by atoms with van der Waals surface area (Å²) in [6.45, 7) is 4.84. The summed E-state index contributed by atoms with van der Waals surface area (Å²) in [5, 5.41) is 2.62. The Kier molecular flexibility index (Phi) is 7.15. The van der Waals surface area contributed by atoms with Gasteiger partial charge < -0.3 is 15.5 Å². The zero-order valence-corrected chi connectivity index (χ0v) is 18.7. The van der Waals surface area contributed by atoms with Crippen LogP contribution >= 0.6 is 12.4 Å². The fourth-order valence-corrected chi connectivity index (χ4v) is 3.67. The van der Waals surface area contributed by atoms with Crippen LogP contribution in [-0.2, 0) is 14.8 Å². The van der Waals surface area contributed by atoms with Crippen molar-refractivity contribution in [1.29, 1.82) is 0 Å². The Morgan fingerprint density at radius 3 is 2.32 bits per heavy atom. The number of halogens is 2. The fraction of sp³-hybridized carbons (Fsp3) is 0.190. The second-order valence-corrected chi connectivity index (χ2v) is 9.10. The van der Waals surface area contributed by atoms with Crippen molar-refractivity contribution in [3.05, 3.63) is 66.2 Å². The number of anilines is 2. The Bertz CT molecular complexity index is 1200. The molecule has 166 valence electrons. The molecular weight excluding hydrogens is 445 g/mol. The first-order chi connectivity index (χ1) is 14.0. The molecule has 4 N–H and O–H groups in total. The molecular formula is C21H23ClFN3O4S. The maximum atomic E-state index is 14.5. The molecule has 0 radical (unpaired) electrons. The number of furan rings is 1. The summed E-state index contributed by atoms with van der Waals surface area (Å²) in [6.07, 6.45) is 0. The predicted octanol–water partition coefficient (Wildman–Crippen LogP) is 4.29. The summed E-state index contributed by atoms with van der Waals surface area (Å²) in [5.74, 6) is -0.215. The lowest BCUT2D eigenvalue weighted by atomic mass is 10.1. The fourth-order valence-electron chi connectivity index (χ4n) is 2.61. The van der Waals surface area contributed by atoms with Gasteiger partial charge in [-0.25, -0.2) is 12.8 Å². The Hall–Kier alpha value is -2.88. The van der Waals surface area contributed by atoms with Crippen molar-refractivity contribution in [2.45, 2.75) is 31.2 Å². The molecule has 1 amide bonds. The molecule has 3 aromatic rings. The second-order valence-electron chi connectivity index (χ2n) is 7.41. The van der Waals surface area contributed by atoms with Crippen LogP contribution in [0.2, 0.25) is 0 Å². The van der Waals surface area contributed by atoms with E-state index in [9.17, 15) is 17.6 Å². The first-order valence-electron chi connectivity index (χ1n) is 9.05. The molecule has 7 nitrogen and oxygen atoms in total. The Labute approximate surface area is 186 Å². The number of hydrogen-bond donors (Lipinski definition) is 3. The normalized spacial score (nSPS) is 11.5. The van der Waals surface area contributed by atoms with Gasteiger partial charge in [0.1, 0.15) is 17.3 Å². The van der Waals surface area contributed by atoms with Gasteiger partial charge in [-0.1, -0.05) is 6.07 Å². The summed E-state index contributed by atoms with van der Waals surface area (Å²) >= 11 is 0. The number of carbonyl (C=O) groups is 1. The zero-order chi connectivity index (χ0) is 22.1. The van der Waals surface area contributed by atoms with Gasteiger partial charge in [0.15, 0.2) is 0 Å². The first kappa shape index (κ1) is 24.4. The first-order valence-corrected chi connectivity index (χ1v) is 10.5. The lowest BCUT2D eigenvalue weighted by Gasteiger charge is -2.18. The lowest BCUT2D eigenvalue weighted by Crippen LogP contribution is -2.45. The third-order valence-corrected chi connectivity index (χ3v) is 5.59. The monoisotopic (exact) mass is 467 g/mol. The Balaban J connectivity index is 0.00000341. The molecule has 10 heteroatoms. The smallest absolute Gasteiger partial charge is 0.261 e. The highest BCUT2D eigenvalue weighted by Crippen LogP contribution is 2.28. The molecule has 0 unspecified atom stereocenters. The van der Waals surface area contributed by atoms with Crippen LogP contribution in [0, 0.1) is 12.7 Å². The van der Waals surface area contributed by atoms with E-state index in [0.717, 1.165) is 6.07 Å². The molecule has 0 bridgehead atoms. The summed E-state index contributed by atoms with van der Waals surface area (Å²) in [5.41, 5.74) is 5.39. The van der Waals surface area contributed by atoms with Crippen molar-refractivity contribution in [3.8, 4) is 11.3 Å². The minimum atomic E-state index is -4.06. The number of carbonyl (C=O) groups excluding carboxylic acids is 1. The van der Waals surface area contributed by atoms with Crippen molar-refractivity contribution in [2.75, 3.05) is 10.0 Å². The number of rotatable bonds is 6. The van der Waals surface area contributed by atoms with E-state index in [1.54, 1.807) is 45.0 Å². The van der Waals surface area contributed by atoms with Crippen LogP contribution < -0.4 is 15.8 Å². The van der Waals surface area contributed by atoms with E-state index in [0.29, 0.717) is 17.2 Å². The van der Waals surface area contributed by atoms with Crippen LogP contribution in [0.3, 0.4) is 0 Å². The molecule has 3 rings (SSSR count). The molecule has 0 saturated heterocycles. The molecule has 0 fully saturated rings. The zero-order valence-electron chi connectivity index (χ0n) is 17.1. The van der Waals surface area contributed by atoms with Gasteiger partial charge in [0.25, 0.3) is 10.0 Å². The maximum absolute atomic E-state index is 14.5. The van der Waals surface area contributed by atoms with E-state index >= 15 is 0 Å². The van der Waals surface area contributed by atoms with Crippen LogP contribution in [0.5, 0.6) is 0 Å². The molecule has 0 spiro atoms. The molecule has 2 aromatic carbocycles. The number of sulfonamides is 1. The number of nitrogens with one attached hydrogen (secondary N) is 2. The summed E-state index contributed by atoms with van der Waals surface area (Å²) < 4.78 is 47.7. The van der Waals surface area contributed by atoms with Crippen LogP contribution in [0.1, 0.15) is 19.6 Å². The number of amides is 1. The SMILES string of the molecule is Cc1ccc(-c2ccc(S(=O)(=O)Nc3cccc(NC(=O)C(C)(C)N)c3)cc2F)o1.Cl. The minimum absolute atomic E-state index is 0. The van der Waals surface area contributed by atoms with E-state index in [4.69, 9.17) is 10.2 Å². The van der Waals surface area contributed by atoms with Gasteiger partial charge >= 0.3 is 0 Å². The number of aryl methyl sites for hydroxylation is 1. The molecule has 31 heavy (non-hydrogen) atoms. The van der Waals surface area contributed by atoms with E-state index < -0.39 is 27.3 Å². The van der Waals surface area contributed by atoms with E-state index in [1.807, 2.05) is 0 Å². The second kappa shape index (κ2) is 9.09. The van der Waals surface area contributed by atoms with Gasteiger partial charge in [-0.15, -0.1) is 12.4 Å². The van der Waals surface area contributed by atoms with Crippen molar-refractivity contribution < 1.29 is 22.0 Å². The highest BCUT2D eigenvalue weighted by atomic mass is 35.5. The van der Waals surface area contributed by atoms with E-state index in [2.05, 4.69) is 10.0 Å². The topological polar surface area (TPSA) is 114 Å². The standard InChI is InChI=1S/C21H22FN3O4S.ClH/c1-13-7-10-19(29-13)17-9-8-16(12-18(17)22)30(27,28)25-15-6-4-5-14(11-15)24-20(26)21(2,3)23;/h4-12,25H,23H2,1-3H3,(H,24,26);1H. The lowest BCUT2D eigenvalue weighted by molar-refractivity contribution is -0.120. The summed E-state index contributed by atoms with van der Waals surface area (Å²) in [4.78, 5) is 11.8. The Morgan fingerprint density at radius 1 is 1.06 bits per heavy atom. The van der Waals surface area contributed by atoms with Gasteiger partial charge in [-0.3, -0.25) is 9.52 Å². The van der Waals surface area contributed by atoms with Crippen molar-refractivity contribution >= 4 is 39.7 Å². The van der Waals surface area contributed by atoms with Gasteiger partial charge in [0.2, 0.25) is 5.91 Å². The largest absolute Gasteiger partial charge is 0.461 e. The average Bonchev–Trinajstić information content (AvgIpc) is 3.07. The molecule has 0 aliphatic carbocycles. The highest BCUT2D eigenvalue weighted by molar-refractivity contribution is 7.92. The van der Waals surface area contributed by atoms with Gasteiger partial charge in [-0.05, 0) is 69.3 Å². The van der Waals surface area contributed by atoms with Crippen LogP contribution in [-0.4, -0.2) is 19.9 Å². The van der Waals surface area contributed by atoms with Gasteiger partial charge in [-0.2, -0.15) is 0 Å². The van der Waals surface area contributed by atoms with E-state index in [-0.39, 0.29) is 28.6 Å². The average molecular weight is 468 g/mol. The molecule has 1 aromatic heterocycles. The number of hydrogen-bond acceptors (Lipinski definition) is 5. The van der Waals surface area contributed by atoms with Crippen molar-refractivity contribution in [1.82, 2.24) is 0 Å². The van der Waals surface area contributed by atoms with Crippen molar-refractivity contribution in [3.63, 3.8) is 0 Å². The Morgan fingerprint density at radius 2 is 1.74 bits per heavy atom. The molecule has 0 saturated carbocycles. The molecule has 0 aliphatic rings. The van der Waals surface area contributed by atoms with Crippen LogP contribution in [0.4, 0.5) is 15.8 Å². The van der Waals surface area contributed by atoms with E-state index in [1.165, 1.54) is 24.3 Å². The summed E-state index contributed by atoms with van der Waals surface area (Å²) in [6, 6.07) is 13.0.